The van der Waals surface area contributed by atoms with Crippen molar-refractivity contribution in [3.63, 3.8) is 0 Å². The van der Waals surface area contributed by atoms with Crippen molar-refractivity contribution in [2.24, 2.45) is 5.73 Å². The first-order valence-corrected chi connectivity index (χ1v) is 11.3. The summed E-state index contributed by atoms with van der Waals surface area (Å²) in [6.07, 6.45) is -3.52. The van der Waals surface area contributed by atoms with Gasteiger partial charge < -0.3 is 16.0 Å². The number of likely N-dealkylation sites (N-methyl/N-ethyl adjacent to an activating group) is 1. The normalized spacial score (nSPS) is 13.8. The summed E-state index contributed by atoms with van der Waals surface area (Å²) in [5.74, 6) is -2.11. The van der Waals surface area contributed by atoms with Crippen molar-refractivity contribution < 1.29 is 32.3 Å². The van der Waals surface area contributed by atoms with Gasteiger partial charge in [0.25, 0.3) is 11.8 Å². The van der Waals surface area contributed by atoms with Crippen LogP contribution in [0.4, 0.5) is 29.3 Å². The molecule has 0 spiro atoms. The van der Waals surface area contributed by atoms with Crippen LogP contribution in [0.1, 0.15) is 26.5 Å². The quantitative estimate of drug-likeness (QED) is 0.374. The Hall–Kier alpha value is -5.27. The maximum Gasteiger partial charge on any atom is 0.433 e. The fourth-order valence-corrected chi connectivity index (χ4v) is 4.04. The molecule has 0 saturated carbocycles. The van der Waals surface area contributed by atoms with Gasteiger partial charge in [-0.25, -0.2) is 19.4 Å². The minimum absolute atomic E-state index is 0.0298. The van der Waals surface area contributed by atoms with Gasteiger partial charge in [-0.15, -0.1) is 0 Å². The molecule has 0 radical (unpaired) electrons. The number of nitrogens with two attached hydrogens (primary N) is 1. The zero-order chi connectivity index (χ0) is 28.1. The van der Waals surface area contributed by atoms with Gasteiger partial charge in [-0.1, -0.05) is 6.07 Å². The highest BCUT2D eigenvalue weighted by Crippen LogP contribution is 2.32. The highest BCUT2D eigenvalue weighted by atomic mass is 19.4. The predicted molar refractivity (Wildman–Crippen MR) is 132 cm³/mol. The van der Waals surface area contributed by atoms with E-state index in [0.717, 1.165) is 11.0 Å². The minimum Gasteiger partial charge on any atom is -0.366 e. The van der Waals surface area contributed by atoms with Crippen LogP contribution in [0.3, 0.4) is 0 Å². The Morgan fingerprint density at radius 1 is 1.03 bits per heavy atom. The van der Waals surface area contributed by atoms with Gasteiger partial charge in [0.15, 0.2) is 0 Å². The van der Waals surface area contributed by atoms with Crippen molar-refractivity contribution in [3.8, 4) is 5.69 Å². The van der Waals surface area contributed by atoms with E-state index in [2.05, 4.69) is 15.4 Å². The number of hydrogen-bond acceptors (Lipinski definition) is 6. The van der Waals surface area contributed by atoms with E-state index in [9.17, 15) is 32.3 Å². The molecule has 1 fully saturated rings. The van der Waals surface area contributed by atoms with E-state index in [4.69, 9.17) is 5.73 Å². The molecule has 5 amide bonds. The first kappa shape index (κ1) is 25.4. The smallest absolute Gasteiger partial charge is 0.366 e. The third-order valence-corrected chi connectivity index (χ3v) is 5.93. The molecule has 0 atom stereocenters. The topological polar surface area (TPSA) is 144 Å². The standard InChI is InChI=1S/C25H18F3N7O4/c1-33-12-20(36)35(24(33)39)16-7-5-15(6-8-16)34-11-17-18(32-34)10-19(25(26,27)28)31-21(17)23(38)30-14-4-2-3-13(9-14)22(29)37/h2-11H,12H2,1H3,(H2,29,37)(H,30,38). The molecular formula is C25H18F3N7O4. The molecule has 4 aromatic rings. The van der Waals surface area contributed by atoms with Crippen LogP contribution in [0.2, 0.25) is 0 Å². The van der Waals surface area contributed by atoms with Gasteiger partial charge in [0.2, 0.25) is 5.91 Å². The Balaban J connectivity index is 1.52. The molecule has 0 unspecified atom stereocenters. The minimum atomic E-state index is -4.86. The molecule has 1 saturated heterocycles. The highest BCUT2D eigenvalue weighted by molar-refractivity contribution is 6.19. The monoisotopic (exact) mass is 537 g/mol. The maximum atomic E-state index is 13.6. The highest BCUT2D eigenvalue weighted by Gasteiger charge is 2.36. The number of rotatable bonds is 5. The number of hydrogen-bond donors (Lipinski definition) is 2. The summed E-state index contributed by atoms with van der Waals surface area (Å²) in [5, 5.41) is 6.66. The summed E-state index contributed by atoms with van der Waals surface area (Å²) in [7, 11) is 1.50. The summed E-state index contributed by atoms with van der Waals surface area (Å²) in [6.45, 7) is -0.0582. The van der Waals surface area contributed by atoms with Gasteiger partial charge in [0, 0.05) is 24.5 Å². The van der Waals surface area contributed by atoms with Crippen molar-refractivity contribution in [1.29, 1.82) is 0 Å². The summed E-state index contributed by atoms with van der Waals surface area (Å²) in [5.41, 5.74) is 4.17. The largest absolute Gasteiger partial charge is 0.433 e. The van der Waals surface area contributed by atoms with Crippen molar-refractivity contribution in [2.45, 2.75) is 6.18 Å². The number of aromatic nitrogens is 3. The van der Waals surface area contributed by atoms with Gasteiger partial charge in [0.05, 0.1) is 22.3 Å². The average Bonchev–Trinajstić information content (AvgIpc) is 3.43. The molecule has 39 heavy (non-hydrogen) atoms. The third kappa shape index (κ3) is 4.74. The van der Waals surface area contributed by atoms with E-state index < -0.39 is 41.3 Å². The lowest BCUT2D eigenvalue weighted by molar-refractivity contribution is -0.141. The first-order chi connectivity index (χ1) is 18.4. The van der Waals surface area contributed by atoms with Crippen LogP contribution in [-0.4, -0.2) is 57.0 Å². The van der Waals surface area contributed by atoms with Crippen molar-refractivity contribution in [2.75, 3.05) is 23.8 Å². The maximum absolute atomic E-state index is 13.6. The number of anilines is 2. The van der Waals surface area contributed by atoms with Crippen molar-refractivity contribution in [1.82, 2.24) is 19.7 Å². The van der Waals surface area contributed by atoms with Crippen LogP contribution < -0.4 is 16.0 Å². The zero-order valence-corrected chi connectivity index (χ0v) is 20.1. The number of pyridine rings is 1. The van der Waals surface area contributed by atoms with Crippen LogP contribution >= 0.6 is 0 Å². The molecule has 198 valence electrons. The molecule has 11 nitrogen and oxygen atoms in total. The van der Waals surface area contributed by atoms with Crippen molar-refractivity contribution >= 4 is 46.0 Å². The fraction of sp³-hybridized carbons (Fsp3) is 0.120. The number of nitrogens with zero attached hydrogens (tertiary/aromatic N) is 5. The Bertz CT molecular complexity index is 1660. The van der Waals surface area contributed by atoms with E-state index in [-0.39, 0.29) is 28.7 Å². The van der Waals surface area contributed by atoms with Gasteiger partial charge in [-0.05, 0) is 48.5 Å². The lowest BCUT2D eigenvalue weighted by Gasteiger charge is -2.14. The number of nitrogens with one attached hydrogen (secondary N) is 1. The number of halogens is 3. The number of primary amides is 1. The predicted octanol–water partition coefficient (Wildman–Crippen LogP) is 3.19. The first-order valence-electron chi connectivity index (χ1n) is 11.3. The third-order valence-electron chi connectivity index (χ3n) is 5.93. The number of benzene rings is 2. The molecule has 14 heteroatoms. The van der Waals surface area contributed by atoms with Gasteiger partial charge in [0.1, 0.15) is 17.9 Å². The Morgan fingerprint density at radius 2 is 1.72 bits per heavy atom. The Labute approximate surface area is 217 Å². The number of carbonyl (C=O) groups excluding carboxylic acids is 4. The van der Waals surface area contributed by atoms with Crippen LogP contribution in [0.15, 0.2) is 60.8 Å². The van der Waals surface area contributed by atoms with Gasteiger partial charge in [-0.2, -0.15) is 18.3 Å². The van der Waals surface area contributed by atoms with E-state index in [1.165, 1.54) is 71.4 Å². The lowest BCUT2D eigenvalue weighted by Crippen LogP contribution is -2.31. The van der Waals surface area contributed by atoms with Crippen LogP contribution in [0, 0.1) is 0 Å². The second-order valence-corrected chi connectivity index (χ2v) is 8.64. The summed E-state index contributed by atoms with van der Waals surface area (Å²) in [6, 6.07) is 11.9. The lowest BCUT2D eigenvalue weighted by atomic mass is 10.1. The summed E-state index contributed by atoms with van der Waals surface area (Å²) in [4.78, 5) is 54.7. The zero-order valence-electron chi connectivity index (χ0n) is 20.1. The molecule has 1 aliphatic heterocycles. The SMILES string of the molecule is CN1CC(=O)N(c2ccc(-n3cc4c(C(=O)Nc5cccc(C(N)=O)c5)nc(C(F)(F)F)cc4n3)cc2)C1=O. The molecule has 1 aliphatic rings. The van der Waals surface area contributed by atoms with Gasteiger partial charge in [-0.3, -0.25) is 14.4 Å². The molecule has 3 heterocycles. The molecule has 2 aromatic carbocycles. The molecule has 0 aliphatic carbocycles. The van der Waals surface area contributed by atoms with E-state index >= 15 is 0 Å². The molecule has 0 bridgehead atoms. The van der Waals surface area contributed by atoms with E-state index in [1.807, 2.05) is 0 Å². The average molecular weight is 537 g/mol. The van der Waals surface area contributed by atoms with Gasteiger partial charge >= 0.3 is 12.2 Å². The number of fused-ring (bicyclic) bond motifs is 1. The number of carbonyl (C=O) groups is 4. The van der Waals surface area contributed by atoms with E-state index in [1.54, 1.807) is 0 Å². The summed E-state index contributed by atoms with van der Waals surface area (Å²) >= 11 is 0. The Morgan fingerprint density at radius 3 is 2.33 bits per heavy atom. The van der Waals surface area contributed by atoms with E-state index in [0.29, 0.717) is 11.4 Å². The van der Waals surface area contributed by atoms with Crippen LogP contribution in [-0.2, 0) is 11.0 Å². The van der Waals surface area contributed by atoms with Crippen LogP contribution in [0.5, 0.6) is 0 Å². The number of urea groups is 1. The second kappa shape index (κ2) is 9.24. The van der Waals surface area contributed by atoms with Crippen LogP contribution in [0.25, 0.3) is 16.6 Å². The van der Waals surface area contributed by atoms with Crippen molar-refractivity contribution in [3.05, 3.63) is 77.7 Å². The molecule has 5 rings (SSSR count). The second-order valence-electron chi connectivity index (χ2n) is 8.64. The number of imide groups is 1. The molecular weight excluding hydrogens is 519 g/mol. The fourth-order valence-electron chi connectivity index (χ4n) is 4.04. The molecule has 3 N–H and O–H groups in total. The number of amides is 5. The molecule has 2 aromatic heterocycles. The summed E-state index contributed by atoms with van der Waals surface area (Å²) < 4.78 is 42.0. The number of alkyl halides is 3. The Kier molecular flexibility index (Phi) is 6.01.